The molecule has 1 saturated carbocycles. The molecule has 1 aromatic heterocycles. The highest BCUT2D eigenvalue weighted by atomic mass is 35.5. The maximum atomic E-state index is 14.4. The molecule has 2 N–H and O–H groups in total. The number of carboxylic acid groups (broad SMARTS) is 1. The van der Waals surface area contributed by atoms with Gasteiger partial charge in [-0.3, -0.25) is 9.59 Å². The fourth-order valence-electron chi connectivity index (χ4n) is 3.29. The number of para-hydroxylation sites is 1. The standard InChI is InChI=1S/C23H20Cl2FN3O4/c24-14-7-8-16(25)15(9-14)18(11-22(30)31)27-23(32)19-10-21(33-12-13-5-6-13)29(28-19)20-4-2-1-3-17(20)26/h1-4,7-10,13,18H,5-6,11-12H2,(H,27,32)(H,30,31). The Balaban J connectivity index is 1.64. The Bertz CT molecular complexity index is 1200. The summed E-state index contributed by atoms with van der Waals surface area (Å²) in [5.74, 6) is -1.69. The molecule has 1 heterocycles. The number of halogens is 3. The summed E-state index contributed by atoms with van der Waals surface area (Å²) in [4.78, 5) is 24.5. The molecule has 4 rings (SSSR count). The summed E-state index contributed by atoms with van der Waals surface area (Å²) in [6.07, 6.45) is 1.68. The van der Waals surface area contributed by atoms with Crippen molar-refractivity contribution < 1.29 is 23.8 Å². The number of carboxylic acids is 1. The molecule has 0 saturated heterocycles. The summed E-state index contributed by atoms with van der Waals surface area (Å²) in [5.41, 5.74) is 0.429. The van der Waals surface area contributed by atoms with Crippen molar-refractivity contribution in [3.63, 3.8) is 0 Å². The van der Waals surface area contributed by atoms with Crippen LogP contribution in [0.1, 0.15) is 41.4 Å². The van der Waals surface area contributed by atoms with E-state index in [-0.39, 0.29) is 22.3 Å². The lowest BCUT2D eigenvalue weighted by Gasteiger charge is -2.18. The van der Waals surface area contributed by atoms with Gasteiger partial charge in [-0.2, -0.15) is 9.78 Å². The van der Waals surface area contributed by atoms with E-state index < -0.39 is 30.2 Å². The zero-order chi connectivity index (χ0) is 23.5. The van der Waals surface area contributed by atoms with Crippen LogP contribution < -0.4 is 10.1 Å². The van der Waals surface area contributed by atoms with Crippen LogP contribution in [0.4, 0.5) is 4.39 Å². The van der Waals surface area contributed by atoms with Crippen molar-refractivity contribution in [2.45, 2.75) is 25.3 Å². The summed E-state index contributed by atoms with van der Waals surface area (Å²) in [6, 6.07) is 11.0. The molecule has 1 unspecified atom stereocenters. The first kappa shape index (κ1) is 23.1. The number of ether oxygens (including phenoxy) is 1. The number of nitrogens with one attached hydrogen (secondary N) is 1. The molecule has 3 aromatic rings. The molecular formula is C23H20Cl2FN3O4. The third kappa shape index (κ3) is 5.64. The van der Waals surface area contributed by atoms with E-state index in [0.29, 0.717) is 23.1 Å². The first-order valence-electron chi connectivity index (χ1n) is 10.3. The Hall–Kier alpha value is -3.10. The first-order chi connectivity index (χ1) is 15.8. The Labute approximate surface area is 199 Å². The van der Waals surface area contributed by atoms with Gasteiger partial charge in [-0.25, -0.2) is 4.39 Å². The van der Waals surface area contributed by atoms with E-state index in [1.54, 1.807) is 18.2 Å². The molecule has 1 aliphatic carbocycles. The average molecular weight is 492 g/mol. The molecule has 0 aliphatic heterocycles. The highest BCUT2D eigenvalue weighted by molar-refractivity contribution is 6.33. The number of carbonyl (C=O) groups excluding carboxylic acids is 1. The van der Waals surface area contributed by atoms with E-state index in [1.165, 1.54) is 35.0 Å². The molecule has 2 aromatic carbocycles. The van der Waals surface area contributed by atoms with Gasteiger partial charge in [-0.05, 0) is 54.7 Å². The minimum atomic E-state index is -1.14. The van der Waals surface area contributed by atoms with Crippen LogP contribution in [-0.4, -0.2) is 33.4 Å². The lowest BCUT2D eigenvalue weighted by atomic mass is 10.0. The van der Waals surface area contributed by atoms with E-state index in [9.17, 15) is 19.1 Å². The van der Waals surface area contributed by atoms with Crippen LogP contribution in [0.5, 0.6) is 5.88 Å². The topological polar surface area (TPSA) is 93.5 Å². The van der Waals surface area contributed by atoms with Crippen LogP contribution in [0.2, 0.25) is 10.0 Å². The van der Waals surface area contributed by atoms with Gasteiger partial charge < -0.3 is 15.2 Å². The lowest BCUT2D eigenvalue weighted by molar-refractivity contribution is -0.137. The van der Waals surface area contributed by atoms with E-state index in [1.807, 2.05) is 0 Å². The van der Waals surface area contributed by atoms with Crippen LogP contribution >= 0.6 is 23.2 Å². The SMILES string of the molecule is O=C(O)CC(NC(=O)c1cc(OCC2CC2)n(-c2ccccc2F)n1)c1cc(Cl)ccc1Cl. The minimum Gasteiger partial charge on any atom is -0.481 e. The molecule has 1 aliphatic rings. The fourth-order valence-corrected chi connectivity index (χ4v) is 3.72. The first-order valence-corrected chi connectivity index (χ1v) is 11.0. The number of aromatic nitrogens is 2. The van der Waals surface area contributed by atoms with Gasteiger partial charge in [-0.1, -0.05) is 35.3 Å². The molecule has 1 amide bonds. The number of benzene rings is 2. The molecule has 33 heavy (non-hydrogen) atoms. The number of carbonyl (C=O) groups is 2. The molecule has 172 valence electrons. The van der Waals surface area contributed by atoms with Crippen LogP contribution in [0, 0.1) is 11.7 Å². The normalized spacial score (nSPS) is 14.0. The highest BCUT2D eigenvalue weighted by Crippen LogP contribution is 2.31. The Morgan fingerprint density at radius 1 is 1.21 bits per heavy atom. The van der Waals surface area contributed by atoms with E-state index in [0.717, 1.165) is 12.8 Å². The Morgan fingerprint density at radius 3 is 2.67 bits per heavy atom. The molecule has 7 nitrogen and oxygen atoms in total. The van der Waals surface area contributed by atoms with Gasteiger partial charge in [0.25, 0.3) is 5.91 Å². The zero-order valence-corrected chi connectivity index (χ0v) is 18.8. The molecule has 10 heteroatoms. The number of hydrogen-bond donors (Lipinski definition) is 2. The van der Waals surface area contributed by atoms with Gasteiger partial charge in [0.05, 0.1) is 19.1 Å². The summed E-state index contributed by atoms with van der Waals surface area (Å²) in [7, 11) is 0. The molecule has 0 spiro atoms. The maximum absolute atomic E-state index is 14.4. The van der Waals surface area contributed by atoms with Crippen LogP contribution in [0.15, 0.2) is 48.5 Å². The van der Waals surface area contributed by atoms with Gasteiger partial charge >= 0.3 is 5.97 Å². The van der Waals surface area contributed by atoms with E-state index in [2.05, 4.69) is 10.4 Å². The van der Waals surface area contributed by atoms with Gasteiger partial charge in [-0.15, -0.1) is 0 Å². The average Bonchev–Trinajstić information content (AvgIpc) is 3.51. The Morgan fingerprint density at radius 2 is 1.97 bits per heavy atom. The number of nitrogens with zero attached hydrogens (tertiary/aromatic N) is 2. The molecule has 1 atom stereocenters. The maximum Gasteiger partial charge on any atom is 0.305 e. The summed E-state index contributed by atoms with van der Waals surface area (Å²) in [5, 5.41) is 16.8. The third-order valence-corrected chi connectivity index (χ3v) is 5.75. The van der Waals surface area contributed by atoms with Gasteiger partial charge in [0.2, 0.25) is 5.88 Å². The second kappa shape index (κ2) is 9.80. The van der Waals surface area contributed by atoms with Crippen LogP contribution in [-0.2, 0) is 4.79 Å². The number of amides is 1. The quantitative estimate of drug-likeness (QED) is 0.436. The van der Waals surface area contributed by atoms with Crippen molar-refractivity contribution in [2.24, 2.45) is 5.92 Å². The van der Waals surface area contributed by atoms with Crippen molar-refractivity contribution in [2.75, 3.05) is 6.61 Å². The predicted octanol–water partition coefficient (Wildman–Crippen LogP) is 5.05. The minimum absolute atomic E-state index is 0.0578. The predicted molar refractivity (Wildman–Crippen MR) is 121 cm³/mol. The summed E-state index contributed by atoms with van der Waals surface area (Å²) in [6.45, 7) is 0.432. The smallest absolute Gasteiger partial charge is 0.305 e. The van der Waals surface area contributed by atoms with Gasteiger partial charge in [0, 0.05) is 16.1 Å². The second-order valence-electron chi connectivity index (χ2n) is 7.78. The molecule has 1 fully saturated rings. The summed E-state index contributed by atoms with van der Waals surface area (Å²) >= 11 is 12.3. The fraction of sp³-hybridized carbons (Fsp3) is 0.261. The lowest BCUT2D eigenvalue weighted by Crippen LogP contribution is -2.30. The molecule has 0 bridgehead atoms. The van der Waals surface area contributed by atoms with E-state index >= 15 is 0 Å². The van der Waals surface area contributed by atoms with Crippen molar-refractivity contribution in [1.82, 2.24) is 15.1 Å². The third-order valence-electron chi connectivity index (χ3n) is 5.17. The number of hydrogen-bond acceptors (Lipinski definition) is 4. The summed E-state index contributed by atoms with van der Waals surface area (Å²) < 4.78 is 21.5. The zero-order valence-electron chi connectivity index (χ0n) is 17.3. The van der Waals surface area contributed by atoms with Crippen molar-refractivity contribution in [3.05, 3.63) is 75.7 Å². The second-order valence-corrected chi connectivity index (χ2v) is 8.62. The molecular weight excluding hydrogens is 472 g/mol. The van der Waals surface area contributed by atoms with Crippen LogP contribution in [0.25, 0.3) is 5.69 Å². The van der Waals surface area contributed by atoms with Gasteiger partial charge in [0.15, 0.2) is 5.69 Å². The van der Waals surface area contributed by atoms with Crippen molar-refractivity contribution in [3.8, 4) is 11.6 Å². The highest BCUT2D eigenvalue weighted by Gasteiger charge is 2.26. The molecule has 0 radical (unpaired) electrons. The largest absolute Gasteiger partial charge is 0.481 e. The number of rotatable bonds is 9. The van der Waals surface area contributed by atoms with Crippen molar-refractivity contribution >= 4 is 35.1 Å². The van der Waals surface area contributed by atoms with Gasteiger partial charge in [0.1, 0.15) is 11.5 Å². The monoisotopic (exact) mass is 491 g/mol. The van der Waals surface area contributed by atoms with Crippen LogP contribution in [0.3, 0.4) is 0 Å². The number of aliphatic carboxylic acids is 1. The van der Waals surface area contributed by atoms with E-state index in [4.69, 9.17) is 27.9 Å². The van der Waals surface area contributed by atoms with Crippen molar-refractivity contribution in [1.29, 1.82) is 0 Å². The Kier molecular flexibility index (Phi) is 6.85.